The summed E-state index contributed by atoms with van der Waals surface area (Å²) in [6.07, 6.45) is 3.20. The minimum atomic E-state index is 0.533. The summed E-state index contributed by atoms with van der Waals surface area (Å²) in [6, 6.07) is 3.56. The molecule has 0 fully saturated rings. The summed E-state index contributed by atoms with van der Waals surface area (Å²) in [5, 5.41) is 7.38. The van der Waals surface area contributed by atoms with Crippen molar-refractivity contribution in [2.75, 3.05) is 5.32 Å². The SMILES string of the molecule is Clc1cc(Br)cnc1NCc1ccon1. The number of nitrogens with one attached hydrogen (secondary N) is 1. The van der Waals surface area contributed by atoms with Gasteiger partial charge in [0.2, 0.25) is 0 Å². The van der Waals surface area contributed by atoms with Crippen LogP contribution in [0.3, 0.4) is 0 Å². The predicted molar refractivity (Wildman–Crippen MR) is 60.8 cm³/mol. The number of pyridine rings is 1. The number of hydrogen-bond acceptors (Lipinski definition) is 4. The molecule has 0 aliphatic heterocycles. The molecule has 1 N–H and O–H groups in total. The van der Waals surface area contributed by atoms with Gasteiger partial charge < -0.3 is 9.84 Å². The monoisotopic (exact) mass is 287 g/mol. The highest BCUT2D eigenvalue weighted by Gasteiger charge is 2.03. The van der Waals surface area contributed by atoms with E-state index in [1.54, 1.807) is 18.3 Å². The van der Waals surface area contributed by atoms with E-state index >= 15 is 0 Å². The number of hydrogen-bond donors (Lipinski definition) is 1. The van der Waals surface area contributed by atoms with Crippen molar-refractivity contribution in [2.45, 2.75) is 6.54 Å². The molecule has 2 aromatic rings. The first-order valence-corrected chi connectivity index (χ1v) is 5.37. The fourth-order valence-corrected chi connectivity index (χ4v) is 1.74. The van der Waals surface area contributed by atoms with E-state index in [2.05, 4.69) is 31.4 Å². The zero-order valence-electron chi connectivity index (χ0n) is 7.58. The van der Waals surface area contributed by atoms with Crippen LogP contribution in [0.25, 0.3) is 0 Å². The van der Waals surface area contributed by atoms with Crippen LogP contribution in [0.2, 0.25) is 5.02 Å². The average Bonchev–Trinajstić information content (AvgIpc) is 2.69. The van der Waals surface area contributed by atoms with Crippen LogP contribution in [-0.4, -0.2) is 10.1 Å². The van der Waals surface area contributed by atoms with Crippen molar-refractivity contribution in [2.24, 2.45) is 0 Å². The van der Waals surface area contributed by atoms with E-state index in [0.717, 1.165) is 10.2 Å². The Hall–Kier alpha value is -1.07. The summed E-state index contributed by atoms with van der Waals surface area (Å²) >= 11 is 9.25. The van der Waals surface area contributed by atoms with Crippen molar-refractivity contribution in [1.82, 2.24) is 10.1 Å². The van der Waals surface area contributed by atoms with Crippen molar-refractivity contribution in [3.8, 4) is 0 Å². The number of anilines is 1. The van der Waals surface area contributed by atoms with Gasteiger partial charge in [-0.1, -0.05) is 16.8 Å². The second kappa shape index (κ2) is 4.63. The van der Waals surface area contributed by atoms with Crippen LogP contribution >= 0.6 is 27.5 Å². The molecule has 0 spiro atoms. The third-order valence-electron chi connectivity index (χ3n) is 1.74. The number of halogens is 2. The molecule has 2 aromatic heterocycles. The third-order valence-corrected chi connectivity index (χ3v) is 2.46. The lowest BCUT2D eigenvalue weighted by Gasteiger charge is -2.04. The van der Waals surface area contributed by atoms with E-state index in [4.69, 9.17) is 16.1 Å². The van der Waals surface area contributed by atoms with Crippen LogP contribution in [0.15, 0.2) is 33.6 Å². The van der Waals surface area contributed by atoms with E-state index in [-0.39, 0.29) is 0 Å². The molecule has 2 heterocycles. The zero-order chi connectivity index (χ0) is 10.7. The molecule has 0 atom stereocenters. The van der Waals surface area contributed by atoms with Gasteiger partial charge in [0.05, 0.1) is 11.6 Å². The number of nitrogens with zero attached hydrogens (tertiary/aromatic N) is 2. The first-order valence-electron chi connectivity index (χ1n) is 4.20. The van der Waals surface area contributed by atoms with Gasteiger partial charge in [0, 0.05) is 16.7 Å². The van der Waals surface area contributed by atoms with Crippen molar-refractivity contribution in [1.29, 1.82) is 0 Å². The molecule has 4 nitrogen and oxygen atoms in total. The topological polar surface area (TPSA) is 51.0 Å². The van der Waals surface area contributed by atoms with Gasteiger partial charge in [0.25, 0.3) is 0 Å². The molecule has 78 valence electrons. The van der Waals surface area contributed by atoms with E-state index in [9.17, 15) is 0 Å². The Morgan fingerprint density at radius 1 is 1.53 bits per heavy atom. The molecule has 0 radical (unpaired) electrons. The molecule has 0 aliphatic carbocycles. The molecule has 0 aliphatic rings. The minimum Gasteiger partial charge on any atom is -0.364 e. The van der Waals surface area contributed by atoms with E-state index in [1.807, 2.05) is 0 Å². The first kappa shape index (κ1) is 10.4. The van der Waals surface area contributed by atoms with Crippen LogP contribution in [0.5, 0.6) is 0 Å². The smallest absolute Gasteiger partial charge is 0.145 e. The van der Waals surface area contributed by atoms with Gasteiger partial charge in [-0.25, -0.2) is 4.98 Å². The Labute approximate surface area is 99.8 Å². The van der Waals surface area contributed by atoms with Crippen LogP contribution in [0.1, 0.15) is 5.69 Å². The molecule has 2 rings (SSSR count). The van der Waals surface area contributed by atoms with Crippen LogP contribution < -0.4 is 5.32 Å². The Morgan fingerprint density at radius 3 is 3.07 bits per heavy atom. The lowest BCUT2D eigenvalue weighted by molar-refractivity contribution is 0.412. The van der Waals surface area contributed by atoms with Crippen molar-refractivity contribution in [3.05, 3.63) is 39.8 Å². The minimum absolute atomic E-state index is 0.533. The molecular formula is C9H7BrClN3O. The number of aromatic nitrogens is 2. The maximum atomic E-state index is 5.97. The third kappa shape index (κ3) is 2.70. The maximum Gasteiger partial charge on any atom is 0.145 e. The average molecular weight is 289 g/mol. The van der Waals surface area contributed by atoms with Gasteiger partial charge in [-0.05, 0) is 22.0 Å². The Balaban J connectivity index is 2.05. The van der Waals surface area contributed by atoms with Gasteiger partial charge in [-0.2, -0.15) is 0 Å². The molecule has 15 heavy (non-hydrogen) atoms. The summed E-state index contributed by atoms with van der Waals surface area (Å²) in [7, 11) is 0. The molecule has 0 unspecified atom stereocenters. The lowest BCUT2D eigenvalue weighted by atomic mass is 10.4. The van der Waals surface area contributed by atoms with Gasteiger partial charge >= 0.3 is 0 Å². The molecule has 0 aromatic carbocycles. The summed E-state index contributed by atoms with van der Waals surface area (Å²) in [4.78, 5) is 4.13. The molecule has 0 amide bonds. The van der Waals surface area contributed by atoms with Gasteiger partial charge in [-0.3, -0.25) is 0 Å². The lowest BCUT2D eigenvalue weighted by Crippen LogP contribution is -2.01. The quantitative estimate of drug-likeness (QED) is 0.943. The van der Waals surface area contributed by atoms with Gasteiger partial charge in [-0.15, -0.1) is 0 Å². The molecule has 0 bridgehead atoms. The van der Waals surface area contributed by atoms with Crippen molar-refractivity contribution in [3.63, 3.8) is 0 Å². The first-order chi connectivity index (χ1) is 7.25. The van der Waals surface area contributed by atoms with Crippen LogP contribution in [0, 0.1) is 0 Å². The molecule has 0 saturated heterocycles. The predicted octanol–water partition coefficient (Wildman–Crippen LogP) is 3.10. The van der Waals surface area contributed by atoms with Crippen molar-refractivity contribution < 1.29 is 4.52 Å². The molecular weight excluding hydrogens is 281 g/mol. The molecule has 0 saturated carbocycles. The van der Waals surface area contributed by atoms with E-state index in [0.29, 0.717) is 17.4 Å². The largest absolute Gasteiger partial charge is 0.364 e. The second-order valence-corrected chi connectivity index (χ2v) is 4.15. The molecule has 6 heteroatoms. The van der Waals surface area contributed by atoms with E-state index < -0.39 is 0 Å². The number of rotatable bonds is 3. The highest BCUT2D eigenvalue weighted by atomic mass is 79.9. The van der Waals surface area contributed by atoms with Gasteiger partial charge in [0.1, 0.15) is 17.8 Å². The summed E-state index contributed by atoms with van der Waals surface area (Å²) in [5.74, 6) is 0.628. The van der Waals surface area contributed by atoms with Crippen molar-refractivity contribution >= 4 is 33.3 Å². The second-order valence-electron chi connectivity index (χ2n) is 2.83. The standard InChI is InChI=1S/C9H7BrClN3O/c10-6-3-8(11)9(12-4-6)13-5-7-1-2-15-14-7/h1-4H,5H2,(H,12,13). The Bertz CT molecular complexity index is 447. The maximum absolute atomic E-state index is 5.97. The highest BCUT2D eigenvalue weighted by Crippen LogP contribution is 2.22. The Morgan fingerprint density at radius 2 is 2.40 bits per heavy atom. The van der Waals surface area contributed by atoms with Crippen LogP contribution in [0.4, 0.5) is 5.82 Å². The summed E-state index contributed by atoms with van der Waals surface area (Å²) < 4.78 is 5.55. The van der Waals surface area contributed by atoms with Crippen LogP contribution in [-0.2, 0) is 6.54 Å². The summed E-state index contributed by atoms with van der Waals surface area (Å²) in [6.45, 7) is 0.533. The zero-order valence-corrected chi connectivity index (χ0v) is 9.92. The summed E-state index contributed by atoms with van der Waals surface area (Å²) in [5.41, 5.74) is 0.802. The van der Waals surface area contributed by atoms with Gasteiger partial charge in [0.15, 0.2) is 0 Å². The highest BCUT2D eigenvalue weighted by molar-refractivity contribution is 9.10. The normalized spacial score (nSPS) is 10.3. The Kier molecular flexibility index (Phi) is 3.23. The van der Waals surface area contributed by atoms with E-state index in [1.165, 1.54) is 6.26 Å². The fourth-order valence-electron chi connectivity index (χ4n) is 1.05. The fraction of sp³-hybridized carbons (Fsp3) is 0.111.